The molecule has 0 spiro atoms. The van der Waals surface area contributed by atoms with E-state index in [1.54, 1.807) is 7.11 Å². The number of hydrogen-bond acceptors (Lipinski definition) is 4. The molecule has 0 N–H and O–H groups in total. The van der Waals surface area contributed by atoms with E-state index in [0.717, 1.165) is 23.4 Å². The van der Waals surface area contributed by atoms with Crippen LogP contribution >= 0.6 is 0 Å². The molecule has 4 nitrogen and oxygen atoms in total. The molecule has 0 aromatic heterocycles. The van der Waals surface area contributed by atoms with Crippen molar-refractivity contribution < 1.29 is 9.53 Å². The lowest BCUT2D eigenvalue weighted by atomic mass is 10.1. The molecule has 16 heavy (non-hydrogen) atoms. The van der Waals surface area contributed by atoms with Crippen molar-refractivity contribution >= 4 is 6.08 Å². The Bertz CT molecular complexity index is 396. The molecule has 86 valence electrons. The van der Waals surface area contributed by atoms with Crippen LogP contribution < -0.4 is 4.74 Å². The second-order valence-corrected chi connectivity index (χ2v) is 3.83. The molecule has 0 unspecified atom stereocenters. The molecule has 0 amide bonds. The number of methoxy groups -OCH3 is 1. The van der Waals surface area contributed by atoms with Crippen molar-refractivity contribution in [3.05, 3.63) is 29.3 Å². The Morgan fingerprint density at radius 3 is 2.56 bits per heavy atom. The fraction of sp³-hybridized carbons (Fsp3) is 0.417. The first kappa shape index (κ1) is 12.4. The van der Waals surface area contributed by atoms with Gasteiger partial charge >= 0.3 is 0 Å². The van der Waals surface area contributed by atoms with Gasteiger partial charge in [-0.2, -0.15) is 0 Å². The second kappa shape index (κ2) is 6.05. The molecule has 0 fully saturated rings. The van der Waals surface area contributed by atoms with Gasteiger partial charge in [0.05, 0.1) is 13.7 Å². The van der Waals surface area contributed by atoms with E-state index in [2.05, 4.69) is 9.89 Å². The number of isocyanates is 1. The summed E-state index contributed by atoms with van der Waals surface area (Å²) in [7, 11) is 5.63. The Hall–Kier alpha value is -1.64. The Balaban J connectivity index is 2.95. The van der Waals surface area contributed by atoms with E-state index in [1.165, 1.54) is 6.08 Å². The molecule has 0 aliphatic heterocycles. The number of hydrogen-bond donors (Lipinski definition) is 0. The van der Waals surface area contributed by atoms with Gasteiger partial charge in [-0.3, -0.25) is 0 Å². The van der Waals surface area contributed by atoms with E-state index >= 15 is 0 Å². The van der Waals surface area contributed by atoms with Gasteiger partial charge in [-0.25, -0.2) is 9.79 Å². The summed E-state index contributed by atoms with van der Waals surface area (Å²) in [4.78, 5) is 15.7. The summed E-state index contributed by atoms with van der Waals surface area (Å²) in [6.07, 6.45) is 1.54. The summed E-state index contributed by atoms with van der Waals surface area (Å²) in [5.74, 6) is 0.787. The van der Waals surface area contributed by atoms with Crippen LogP contribution in [0.5, 0.6) is 5.75 Å². The van der Waals surface area contributed by atoms with Crippen molar-refractivity contribution in [1.82, 2.24) is 4.90 Å². The van der Waals surface area contributed by atoms with Crippen LogP contribution in [0.25, 0.3) is 0 Å². The van der Waals surface area contributed by atoms with Crippen molar-refractivity contribution in [1.29, 1.82) is 0 Å². The van der Waals surface area contributed by atoms with E-state index in [4.69, 9.17) is 4.74 Å². The lowest BCUT2D eigenvalue weighted by Crippen LogP contribution is -2.10. The van der Waals surface area contributed by atoms with Gasteiger partial charge in [0.15, 0.2) is 0 Å². The highest BCUT2D eigenvalue weighted by Gasteiger charge is 2.02. The van der Waals surface area contributed by atoms with Gasteiger partial charge < -0.3 is 9.64 Å². The molecule has 0 bridgehead atoms. The molecule has 1 rings (SSSR count). The first-order valence-electron chi connectivity index (χ1n) is 5.01. The molecule has 0 heterocycles. The zero-order valence-corrected chi connectivity index (χ0v) is 9.86. The predicted octanol–water partition coefficient (Wildman–Crippen LogP) is 1.59. The first-order valence-corrected chi connectivity index (χ1v) is 5.01. The van der Waals surface area contributed by atoms with E-state index in [-0.39, 0.29) is 0 Å². The van der Waals surface area contributed by atoms with Crippen LogP contribution in [0.1, 0.15) is 11.1 Å². The quantitative estimate of drug-likeness (QED) is 0.559. The highest BCUT2D eigenvalue weighted by Crippen LogP contribution is 2.18. The molecule has 0 radical (unpaired) electrons. The minimum absolute atomic E-state index is 0.348. The molecule has 0 aliphatic rings. The maximum atomic E-state index is 10.1. The summed E-state index contributed by atoms with van der Waals surface area (Å²) in [5.41, 5.74) is 2.10. The smallest absolute Gasteiger partial charge is 0.235 e. The van der Waals surface area contributed by atoms with Crippen LogP contribution in [0.15, 0.2) is 23.2 Å². The maximum Gasteiger partial charge on any atom is 0.235 e. The average molecular weight is 220 g/mol. The molecule has 0 atom stereocenters. The molecular formula is C12H16N2O2. The number of ether oxygens (including phenoxy) is 1. The fourth-order valence-corrected chi connectivity index (χ4v) is 1.52. The van der Waals surface area contributed by atoms with Gasteiger partial charge in [0.1, 0.15) is 5.75 Å². The third-order valence-corrected chi connectivity index (χ3v) is 2.09. The zero-order valence-electron chi connectivity index (χ0n) is 9.86. The predicted molar refractivity (Wildman–Crippen MR) is 62.2 cm³/mol. The maximum absolute atomic E-state index is 10.1. The van der Waals surface area contributed by atoms with Crippen LogP contribution in [0.4, 0.5) is 0 Å². The number of carbonyl (C=O) groups excluding carboxylic acids is 1. The molecule has 1 aromatic carbocycles. The largest absolute Gasteiger partial charge is 0.497 e. The van der Waals surface area contributed by atoms with Gasteiger partial charge in [-0.05, 0) is 37.4 Å². The van der Waals surface area contributed by atoms with Gasteiger partial charge in [-0.1, -0.05) is 6.07 Å². The van der Waals surface area contributed by atoms with Gasteiger partial charge in [0.25, 0.3) is 0 Å². The second-order valence-electron chi connectivity index (χ2n) is 3.83. The minimum Gasteiger partial charge on any atom is -0.497 e. The van der Waals surface area contributed by atoms with Crippen molar-refractivity contribution in [2.45, 2.75) is 13.1 Å². The number of benzene rings is 1. The standard InChI is InChI=1S/C12H16N2O2/c1-14(2)8-11-4-10(7-13-9-15)5-12(6-11)16-3/h4-6H,7-8H2,1-3H3. The Kier molecular flexibility index (Phi) is 4.70. The van der Waals surface area contributed by atoms with Gasteiger partial charge in [0.2, 0.25) is 6.08 Å². The highest BCUT2D eigenvalue weighted by molar-refractivity contribution is 5.37. The topological polar surface area (TPSA) is 41.9 Å². The third kappa shape index (κ3) is 3.85. The van der Waals surface area contributed by atoms with Gasteiger partial charge in [-0.15, -0.1) is 0 Å². The molecule has 4 heteroatoms. The van der Waals surface area contributed by atoms with Crippen molar-refractivity contribution in [3.63, 3.8) is 0 Å². The monoisotopic (exact) mass is 220 g/mol. The fourth-order valence-electron chi connectivity index (χ4n) is 1.52. The highest BCUT2D eigenvalue weighted by atomic mass is 16.5. The number of nitrogens with zero attached hydrogens (tertiary/aromatic N) is 2. The lowest BCUT2D eigenvalue weighted by Gasteiger charge is -2.12. The van der Waals surface area contributed by atoms with E-state index < -0.39 is 0 Å². The van der Waals surface area contributed by atoms with E-state index in [1.807, 2.05) is 32.3 Å². The van der Waals surface area contributed by atoms with E-state index in [0.29, 0.717) is 6.54 Å². The molecular weight excluding hydrogens is 204 g/mol. The van der Waals surface area contributed by atoms with Gasteiger partial charge in [0, 0.05) is 6.54 Å². The van der Waals surface area contributed by atoms with Crippen LogP contribution in [0.3, 0.4) is 0 Å². The summed E-state index contributed by atoms with van der Waals surface area (Å²) >= 11 is 0. The average Bonchev–Trinajstić information content (AvgIpc) is 2.25. The molecule has 0 aliphatic carbocycles. The van der Waals surface area contributed by atoms with Crippen LogP contribution in [-0.2, 0) is 17.9 Å². The van der Waals surface area contributed by atoms with E-state index in [9.17, 15) is 4.79 Å². The minimum atomic E-state index is 0.348. The Morgan fingerprint density at radius 1 is 1.31 bits per heavy atom. The normalized spacial score (nSPS) is 10.0. The number of aliphatic imine (C=N–C) groups is 1. The summed E-state index contributed by atoms with van der Waals surface area (Å²) in [6, 6.07) is 5.87. The van der Waals surface area contributed by atoms with Crippen LogP contribution in [-0.4, -0.2) is 32.2 Å². The summed E-state index contributed by atoms with van der Waals surface area (Å²) in [6.45, 7) is 1.18. The first-order chi connectivity index (χ1) is 7.65. The molecule has 0 saturated carbocycles. The van der Waals surface area contributed by atoms with Crippen molar-refractivity contribution in [2.75, 3.05) is 21.2 Å². The zero-order chi connectivity index (χ0) is 12.0. The van der Waals surface area contributed by atoms with Crippen LogP contribution in [0, 0.1) is 0 Å². The van der Waals surface area contributed by atoms with Crippen LogP contribution in [0.2, 0.25) is 0 Å². The molecule has 0 saturated heterocycles. The summed E-state index contributed by atoms with van der Waals surface area (Å²) < 4.78 is 5.20. The Morgan fingerprint density at radius 2 is 2.00 bits per heavy atom. The van der Waals surface area contributed by atoms with Crippen molar-refractivity contribution in [2.24, 2.45) is 4.99 Å². The number of rotatable bonds is 5. The lowest BCUT2D eigenvalue weighted by molar-refractivity contribution is 0.395. The summed E-state index contributed by atoms with van der Waals surface area (Å²) in [5, 5.41) is 0. The molecule has 1 aromatic rings. The Labute approximate surface area is 95.6 Å². The SMILES string of the molecule is COc1cc(CN=C=O)cc(CN(C)C)c1. The third-order valence-electron chi connectivity index (χ3n) is 2.09. The van der Waals surface area contributed by atoms with Crippen molar-refractivity contribution in [3.8, 4) is 5.75 Å².